The van der Waals surface area contributed by atoms with Crippen molar-refractivity contribution in [2.24, 2.45) is 5.92 Å². The second kappa shape index (κ2) is 11.7. The van der Waals surface area contributed by atoms with E-state index in [0.717, 1.165) is 11.3 Å². The van der Waals surface area contributed by atoms with Gasteiger partial charge in [-0.2, -0.15) is 0 Å². The van der Waals surface area contributed by atoms with Gasteiger partial charge in [-0.15, -0.1) is 0 Å². The van der Waals surface area contributed by atoms with Crippen LogP contribution >= 0.6 is 15.2 Å². The van der Waals surface area contributed by atoms with Crippen LogP contribution in [0, 0.1) is 12.8 Å². The highest BCUT2D eigenvalue weighted by molar-refractivity contribution is 7.53. The molecule has 0 bridgehead atoms. The Kier molecular flexibility index (Phi) is 10.7. The topological polar surface area (TPSA) is 84.2 Å². The van der Waals surface area contributed by atoms with E-state index in [1.165, 1.54) is 0 Å². The van der Waals surface area contributed by atoms with E-state index in [9.17, 15) is 9.13 Å². The number of rotatable bonds is 14. The van der Waals surface area contributed by atoms with Crippen LogP contribution in [0.15, 0.2) is 4.42 Å². The average Bonchev–Trinajstić information content (AvgIpc) is 2.83. The number of hydrogen-bond acceptors (Lipinski definition) is 7. The van der Waals surface area contributed by atoms with Gasteiger partial charge in [0, 0.05) is 17.5 Å². The highest BCUT2D eigenvalue weighted by atomic mass is 31.2. The Hall–Kier alpha value is -0.420. The lowest BCUT2D eigenvalue weighted by molar-refractivity contribution is 0.217. The lowest BCUT2D eigenvalue weighted by atomic mass is 10.0. The van der Waals surface area contributed by atoms with Crippen molar-refractivity contribution in [3.8, 4) is 0 Å². The fourth-order valence-electron chi connectivity index (χ4n) is 3.05. The molecule has 0 fully saturated rings. The molecule has 9 heteroatoms. The minimum atomic E-state index is -3.35. The summed E-state index contributed by atoms with van der Waals surface area (Å²) in [7, 11) is -6.70. The number of hydrogen-bond donors (Lipinski definition) is 0. The lowest BCUT2D eigenvalue weighted by Crippen LogP contribution is -2.06. The predicted octanol–water partition coefficient (Wildman–Crippen LogP) is 6.32. The highest BCUT2D eigenvalue weighted by Crippen LogP contribution is 2.56. The first-order chi connectivity index (χ1) is 13.1. The van der Waals surface area contributed by atoms with Crippen molar-refractivity contribution in [2.45, 2.75) is 67.2 Å². The minimum Gasteiger partial charge on any atom is -0.466 e. The molecule has 0 aromatic carbocycles. The number of aryl methyl sites for hydroxylation is 1. The second-order valence-electron chi connectivity index (χ2n) is 6.85. The molecule has 0 aliphatic carbocycles. The normalized spacial score (nSPS) is 12.9. The fraction of sp³-hybridized carbons (Fsp3) is 0.789. The smallest absolute Gasteiger partial charge is 0.335 e. The van der Waals surface area contributed by atoms with Crippen molar-refractivity contribution in [3.05, 3.63) is 22.6 Å². The monoisotopic (exact) mass is 438 g/mol. The van der Waals surface area contributed by atoms with Crippen LogP contribution in [0.3, 0.4) is 0 Å². The van der Waals surface area contributed by atoms with Gasteiger partial charge in [0.05, 0.1) is 38.8 Å². The Labute approximate surface area is 169 Å². The first-order valence-electron chi connectivity index (χ1n) is 9.99. The van der Waals surface area contributed by atoms with E-state index in [1.807, 2.05) is 6.92 Å². The van der Waals surface area contributed by atoms with Gasteiger partial charge in [0.15, 0.2) is 0 Å². The van der Waals surface area contributed by atoms with Gasteiger partial charge in [0.2, 0.25) is 0 Å². The Balaban J connectivity index is 3.41. The molecule has 1 heterocycles. The molecule has 1 aromatic rings. The van der Waals surface area contributed by atoms with Crippen LogP contribution in [0.2, 0.25) is 0 Å². The van der Waals surface area contributed by atoms with E-state index in [1.54, 1.807) is 27.7 Å². The van der Waals surface area contributed by atoms with E-state index < -0.39 is 15.2 Å². The van der Waals surface area contributed by atoms with Crippen molar-refractivity contribution in [1.82, 2.24) is 0 Å². The second-order valence-corrected chi connectivity index (χ2v) is 11.0. The van der Waals surface area contributed by atoms with Crippen LogP contribution in [0.1, 0.15) is 64.2 Å². The maximum absolute atomic E-state index is 13.2. The van der Waals surface area contributed by atoms with Crippen LogP contribution in [-0.2, 0) is 46.0 Å². The largest absolute Gasteiger partial charge is 0.466 e. The summed E-state index contributed by atoms with van der Waals surface area (Å²) >= 11 is 0. The highest BCUT2D eigenvalue weighted by Gasteiger charge is 2.34. The van der Waals surface area contributed by atoms with E-state index in [4.69, 9.17) is 22.5 Å². The maximum Gasteiger partial charge on any atom is 0.335 e. The molecule has 0 atom stereocenters. The number of furan rings is 1. The van der Waals surface area contributed by atoms with Gasteiger partial charge in [0.25, 0.3) is 0 Å². The van der Waals surface area contributed by atoms with Gasteiger partial charge in [-0.05, 0) is 40.5 Å². The lowest BCUT2D eigenvalue weighted by Gasteiger charge is -2.20. The van der Waals surface area contributed by atoms with Crippen LogP contribution in [-0.4, -0.2) is 26.4 Å². The van der Waals surface area contributed by atoms with Gasteiger partial charge in [-0.25, -0.2) is 0 Å². The zero-order valence-electron chi connectivity index (χ0n) is 18.3. The zero-order valence-corrected chi connectivity index (χ0v) is 20.1. The Bertz CT molecular complexity index is 677. The Morgan fingerprint density at radius 3 is 1.54 bits per heavy atom. The summed E-state index contributed by atoms with van der Waals surface area (Å²) in [6.07, 6.45) is 0.805. The summed E-state index contributed by atoms with van der Waals surface area (Å²) < 4.78 is 54.2. The van der Waals surface area contributed by atoms with E-state index in [2.05, 4.69) is 13.8 Å². The van der Waals surface area contributed by atoms with Gasteiger partial charge < -0.3 is 22.5 Å². The summed E-state index contributed by atoms with van der Waals surface area (Å²) in [5.74, 6) is 1.69. The molecule has 0 amide bonds. The van der Waals surface area contributed by atoms with E-state index >= 15 is 0 Å². The van der Waals surface area contributed by atoms with Gasteiger partial charge in [-0.3, -0.25) is 9.13 Å². The third-order valence-corrected chi connectivity index (χ3v) is 8.02. The van der Waals surface area contributed by atoms with Gasteiger partial charge in [-0.1, -0.05) is 13.8 Å². The Morgan fingerprint density at radius 1 is 0.786 bits per heavy atom. The molecule has 164 valence electrons. The first-order valence-corrected chi connectivity index (χ1v) is 13.4. The molecule has 0 N–H and O–H groups in total. The summed E-state index contributed by atoms with van der Waals surface area (Å²) in [5, 5.41) is 0. The summed E-state index contributed by atoms with van der Waals surface area (Å²) in [6, 6.07) is 0. The molecule has 7 nitrogen and oxygen atoms in total. The van der Waals surface area contributed by atoms with E-state index in [0.29, 0.717) is 23.7 Å². The molecule has 0 saturated carbocycles. The molecule has 28 heavy (non-hydrogen) atoms. The molecule has 0 unspecified atom stereocenters. The van der Waals surface area contributed by atoms with Crippen LogP contribution in [0.4, 0.5) is 0 Å². The third kappa shape index (κ3) is 7.44. The van der Waals surface area contributed by atoms with Crippen molar-refractivity contribution in [2.75, 3.05) is 26.4 Å². The fourth-order valence-corrected chi connectivity index (χ4v) is 6.69. The molecule has 0 aliphatic heterocycles. The quantitative estimate of drug-likeness (QED) is 0.314. The summed E-state index contributed by atoms with van der Waals surface area (Å²) in [4.78, 5) is 0. The summed E-state index contributed by atoms with van der Waals surface area (Å²) in [6.45, 7) is 14.2. The summed E-state index contributed by atoms with van der Waals surface area (Å²) in [5.41, 5.74) is 1.44. The minimum absolute atomic E-state index is 0.0652. The SMILES string of the molecule is CCOP(=O)(Cc1c(C)oc(CC(C)C)c1CP(=O)(OCC)OCC)OCC. The van der Waals surface area contributed by atoms with Crippen LogP contribution in [0.5, 0.6) is 0 Å². The molecule has 1 aromatic heterocycles. The van der Waals surface area contributed by atoms with Crippen LogP contribution in [0.25, 0.3) is 0 Å². The van der Waals surface area contributed by atoms with Crippen molar-refractivity contribution in [3.63, 3.8) is 0 Å². The van der Waals surface area contributed by atoms with Crippen molar-refractivity contribution < 1.29 is 31.6 Å². The Morgan fingerprint density at radius 2 is 1.18 bits per heavy atom. The molecule has 0 aliphatic rings. The van der Waals surface area contributed by atoms with Crippen molar-refractivity contribution in [1.29, 1.82) is 0 Å². The molecular weight excluding hydrogens is 402 g/mol. The molecule has 0 radical (unpaired) electrons. The molecular formula is C19H36O7P2. The van der Waals surface area contributed by atoms with Gasteiger partial charge >= 0.3 is 15.2 Å². The standard InChI is InChI=1S/C19H36O7P2/c1-8-22-27(20,23-9-2)13-17-16(7)26-19(12-15(5)6)18(17)14-28(21,24-10-3)25-11-4/h15H,8-14H2,1-7H3. The van der Waals surface area contributed by atoms with Crippen molar-refractivity contribution >= 4 is 15.2 Å². The first kappa shape index (κ1) is 25.6. The average molecular weight is 438 g/mol. The van der Waals surface area contributed by atoms with Crippen LogP contribution < -0.4 is 0 Å². The van der Waals surface area contributed by atoms with Gasteiger partial charge in [0.1, 0.15) is 11.5 Å². The van der Waals surface area contributed by atoms with E-state index in [-0.39, 0.29) is 38.8 Å². The molecule has 1 rings (SSSR count). The molecule has 0 spiro atoms. The molecule has 0 saturated heterocycles. The third-order valence-electron chi connectivity index (χ3n) is 4.00. The zero-order chi connectivity index (χ0) is 21.4. The predicted molar refractivity (Wildman–Crippen MR) is 111 cm³/mol. The maximum atomic E-state index is 13.2.